The molecule has 1 aliphatic rings. The van der Waals surface area contributed by atoms with Crippen molar-refractivity contribution in [2.45, 2.75) is 0 Å². The van der Waals surface area contributed by atoms with Gasteiger partial charge in [0.25, 0.3) is 0 Å². The van der Waals surface area contributed by atoms with Crippen LogP contribution in [0.2, 0.25) is 0 Å². The number of aromatic nitrogens is 2. The van der Waals surface area contributed by atoms with E-state index in [-0.39, 0.29) is 0 Å². The van der Waals surface area contributed by atoms with Gasteiger partial charge in [0.1, 0.15) is 0 Å². The molecule has 2 aromatic heterocycles. The summed E-state index contributed by atoms with van der Waals surface area (Å²) in [4.78, 5) is 0. The molecular formula is C62H38N2. The molecule has 64 heavy (non-hydrogen) atoms. The molecule has 0 aliphatic heterocycles. The quantitative estimate of drug-likeness (QED) is 0.164. The topological polar surface area (TPSA) is 9.86 Å². The maximum absolute atomic E-state index is 2.45. The average Bonchev–Trinajstić information content (AvgIpc) is 4.00. The van der Waals surface area contributed by atoms with Crippen molar-refractivity contribution in [3.63, 3.8) is 0 Å². The first-order valence-corrected chi connectivity index (χ1v) is 22.2. The predicted molar refractivity (Wildman–Crippen MR) is 271 cm³/mol. The van der Waals surface area contributed by atoms with Gasteiger partial charge in [0.05, 0.1) is 22.1 Å². The number of fused-ring (bicyclic) bond motifs is 11. The van der Waals surface area contributed by atoms with E-state index in [1.807, 2.05) is 0 Å². The molecule has 13 aromatic rings. The minimum absolute atomic E-state index is 1.14. The lowest BCUT2D eigenvalue weighted by molar-refractivity contribution is 1.18. The van der Waals surface area contributed by atoms with E-state index in [1.54, 1.807) is 0 Å². The van der Waals surface area contributed by atoms with Gasteiger partial charge in [-0.1, -0.05) is 188 Å². The van der Waals surface area contributed by atoms with Crippen molar-refractivity contribution in [2.24, 2.45) is 0 Å². The molecule has 0 unspecified atom stereocenters. The summed E-state index contributed by atoms with van der Waals surface area (Å²) in [7, 11) is 0. The molecule has 0 N–H and O–H groups in total. The van der Waals surface area contributed by atoms with E-state index in [2.05, 4.69) is 240 Å². The van der Waals surface area contributed by atoms with Crippen molar-refractivity contribution in [2.75, 3.05) is 0 Å². The van der Waals surface area contributed by atoms with E-state index in [4.69, 9.17) is 0 Å². The number of nitrogens with zero attached hydrogens (tertiary/aromatic N) is 2. The van der Waals surface area contributed by atoms with Crippen LogP contribution in [0.4, 0.5) is 0 Å². The fraction of sp³-hybridized carbons (Fsp3) is 0. The summed E-state index contributed by atoms with van der Waals surface area (Å²) in [5.41, 5.74) is 19.7. The first-order valence-electron chi connectivity index (χ1n) is 22.2. The summed E-state index contributed by atoms with van der Waals surface area (Å²) in [6.45, 7) is 0. The molecule has 296 valence electrons. The van der Waals surface area contributed by atoms with Gasteiger partial charge in [0.15, 0.2) is 0 Å². The molecule has 11 aromatic carbocycles. The highest BCUT2D eigenvalue weighted by Gasteiger charge is 2.23. The lowest BCUT2D eigenvalue weighted by Crippen LogP contribution is -1.95. The van der Waals surface area contributed by atoms with Crippen LogP contribution in [0.15, 0.2) is 231 Å². The predicted octanol–water partition coefficient (Wildman–Crippen LogP) is 16.8. The smallest absolute Gasteiger partial charge is 0.0619 e. The van der Waals surface area contributed by atoms with Crippen LogP contribution >= 0.6 is 0 Å². The standard InChI is InChI=1S/C62H38N2/c1-2-14-43(15-3-1)64-60-38-42(29-33-53(60)57-34-27-39-13-4-5-17-46(39)62(57)64)41-28-32-52-51-21-10-11-24-58(51)63(59(52)37-41)44-30-25-40(26-31-44)45-16-6-7-18-47(45)50-35-36-56-49-20-9-8-19-48(49)54-22-12-23-55(50)61(54)56/h1-38H. The van der Waals surface area contributed by atoms with Crippen LogP contribution in [0.5, 0.6) is 0 Å². The van der Waals surface area contributed by atoms with E-state index in [0.29, 0.717) is 0 Å². The highest BCUT2D eigenvalue weighted by atomic mass is 15.0. The van der Waals surface area contributed by atoms with Gasteiger partial charge < -0.3 is 9.13 Å². The van der Waals surface area contributed by atoms with Crippen molar-refractivity contribution in [1.29, 1.82) is 0 Å². The summed E-state index contributed by atoms with van der Waals surface area (Å²) >= 11 is 0. The molecule has 0 saturated heterocycles. The zero-order valence-electron chi connectivity index (χ0n) is 34.8. The Bertz CT molecular complexity index is 4020. The second kappa shape index (κ2) is 13.5. The summed E-state index contributed by atoms with van der Waals surface area (Å²) in [6.07, 6.45) is 0. The maximum Gasteiger partial charge on any atom is 0.0619 e. The van der Waals surface area contributed by atoms with E-state index < -0.39 is 0 Å². The second-order valence-corrected chi connectivity index (χ2v) is 17.2. The van der Waals surface area contributed by atoms with Crippen molar-refractivity contribution >= 4 is 65.2 Å². The highest BCUT2D eigenvalue weighted by Crippen LogP contribution is 2.50. The number of rotatable bonds is 5. The Labute approximate surface area is 370 Å². The van der Waals surface area contributed by atoms with Crippen molar-refractivity contribution in [3.05, 3.63) is 231 Å². The Morgan fingerprint density at radius 3 is 1.50 bits per heavy atom. The molecule has 1 aliphatic carbocycles. The van der Waals surface area contributed by atoms with Gasteiger partial charge in [-0.05, 0) is 114 Å². The fourth-order valence-corrected chi connectivity index (χ4v) is 11.0. The summed E-state index contributed by atoms with van der Waals surface area (Å²) in [5, 5.41) is 10.2. The van der Waals surface area contributed by atoms with Crippen LogP contribution in [0.3, 0.4) is 0 Å². The van der Waals surface area contributed by atoms with Crippen molar-refractivity contribution in [3.8, 4) is 67.0 Å². The van der Waals surface area contributed by atoms with Crippen LogP contribution in [0, 0.1) is 0 Å². The SMILES string of the molecule is c1ccc(-n2c3cc(-c4ccc5c6ccccc6n(-c6ccc(-c7ccccc7-c7ccc8c9c(cccc79)-c7ccccc7-8)cc6)c5c4)ccc3c3ccc4ccccc4c32)cc1. The number of hydrogen-bond donors (Lipinski definition) is 0. The second-order valence-electron chi connectivity index (χ2n) is 17.2. The third-order valence-electron chi connectivity index (χ3n) is 13.9. The molecule has 0 radical (unpaired) electrons. The zero-order chi connectivity index (χ0) is 41.9. The first-order chi connectivity index (χ1) is 31.8. The van der Waals surface area contributed by atoms with E-state index in [0.717, 1.165) is 11.4 Å². The number of benzene rings is 11. The molecule has 0 fully saturated rings. The van der Waals surface area contributed by atoms with Crippen LogP contribution in [-0.4, -0.2) is 9.13 Å². The Balaban J connectivity index is 0.903. The molecule has 2 nitrogen and oxygen atoms in total. The van der Waals surface area contributed by atoms with E-state index >= 15 is 0 Å². The summed E-state index contributed by atoms with van der Waals surface area (Å²) in [6, 6.07) is 85.2. The number of para-hydroxylation sites is 2. The Morgan fingerprint density at radius 2 is 0.734 bits per heavy atom. The first kappa shape index (κ1) is 35.2. The molecule has 0 atom stereocenters. The Morgan fingerprint density at radius 1 is 0.234 bits per heavy atom. The van der Waals surface area contributed by atoms with Crippen LogP contribution in [-0.2, 0) is 0 Å². The van der Waals surface area contributed by atoms with Crippen LogP contribution < -0.4 is 0 Å². The number of hydrogen-bond acceptors (Lipinski definition) is 0. The fourth-order valence-electron chi connectivity index (χ4n) is 11.0. The zero-order valence-corrected chi connectivity index (χ0v) is 34.8. The van der Waals surface area contributed by atoms with Gasteiger partial charge in [0, 0.05) is 38.3 Å². The Kier molecular flexibility index (Phi) is 7.43. The molecule has 0 spiro atoms. The largest absolute Gasteiger partial charge is 0.309 e. The van der Waals surface area contributed by atoms with Crippen LogP contribution in [0.25, 0.3) is 132 Å². The van der Waals surface area contributed by atoms with Crippen molar-refractivity contribution < 1.29 is 0 Å². The van der Waals surface area contributed by atoms with Gasteiger partial charge >= 0.3 is 0 Å². The molecule has 0 bridgehead atoms. The molecule has 0 amide bonds. The third kappa shape index (κ3) is 5.02. The molecule has 2 heteroatoms. The van der Waals surface area contributed by atoms with E-state index in [9.17, 15) is 0 Å². The molecule has 14 rings (SSSR count). The lowest BCUT2D eigenvalue weighted by Gasteiger charge is -2.15. The normalized spacial score (nSPS) is 12.1. The molecule has 0 saturated carbocycles. The molecular weight excluding hydrogens is 773 g/mol. The minimum Gasteiger partial charge on any atom is -0.309 e. The van der Waals surface area contributed by atoms with Gasteiger partial charge in [-0.15, -0.1) is 0 Å². The Hall–Kier alpha value is -8.46. The monoisotopic (exact) mass is 810 g/mol. The maximum atomic E-state index is 2.45. The van der Waals surface area contributed by atoms with Gasteiger partial charge in [0.2, 0.25) is 0 Å². The summed E-state index contributed by atoms with van der Waals surface area (Å²) in [5.74, 6) is 0. The van der Waals surface area contributed by atoms with Gasteiger partial charge in [-0.2, -0.15) is 0 Å². The van der Waals surface area contributed by atoms with Crippen molar-refractivity contribution in [1.82, 2.24) is 9.13 Å². The van der Waals surface area contributed by atoms with E-state index in [1.165, 1.54) is 121 Å². The molecule has 2 heterocycles. The van der Waals surface area contributed by atoms with Gasteiger partial charge in [-0.25, -0.2) is 0 Å². The lowest BCUT2D eigenvalue weighted by atomic mass is 9.89. The highest BCUT2D eigenvalue weighted by molar-refractivity contribution is 6.20. The minimum atomic E-state index is 1.14. The average molecular weight is 811 g/mol. The van der Waals surface area contributed by atoms with Crippen LogP contribution in [0.1, 0.15) is 0 Å². The summed E-state index contributed by atoms with van der Waals surface area (Å²) < 4.78 is 4.90. The third-order valence-corrected chi connectivity index (χ3v) is 13.9. The van der Waals surface area contributed by atoms with Gasteiger partial charge in [-0.3, -0.25) is 0 Å².